The summed E-state index contributed by atoms with van der Waals surface area (Å²) in [5, 5.41) is 0.264. The summed E-state index contributed by atoms with van der Waals surface area (Å²) in [7, 11) is 0. The van der Waals surface area contributed by atoms with Crippen LogP contribution in [-0.2, 0) is 19.0 Å². The van der Waals surface area contributed by atoms with E-state index in [1.807, 2.05) is 0 Å². The van der Waals surface area contributed by atoms with E-state index in [1.54, 1.807) is 20.8 Å². The molecule has 84 valence electrons. The smallest absolute Gasteiger partial charge is 0.367 e. The van der Waals surface area contributed by atoms with Crippen LogP contribution in [0.3, 0.4) is 0 Å². The standard InChI is InChI=1S/C9H17BrO4/c1-4-12-8(11)9(7-10,13-5-2)14-6-3/h4-7H2,1-3H3. The van der Waals surface area contributed by atoms with Gasteiger partial charge in [-0.2, -0.15) is 0 Å². The van der Waals surface area contributed by atoms with Crippen molar-refractivity contribution in [3.05, 3.63) is 0 Å². The van der Waals surface area contributed by atoms with E-state index in [2.05, 4.69) is 15.9 Å². The number of ether oxygens (including phenoxy) is 3. The van der Waals surface area contributed by atoms with E-state index >= 15 is 0 Å². The SMILES string of the molecule is CCOC(=O)C(CBr)(OCC)OCC. The van der Waals surface area contributed by atoms with Crippen LogP contribution < -0.4 is 0 Å². The van der Waals surface area contributed by atoms with E-state index in [0.29, 0.717) is 19.8 Å². The third kappa shape index (κ3) is 3.55. The minimum absolute atomic E-state index is 0.264. The Morgan fingerprint density at radius 1 is 1.14 bits per heavy atom. The highest BCUT2D eigenvalue weighted by atomic mass is 79.9. The van der Waals surface area contributed by atoms with Gasteiger partial charge in [-0.3, -0.25) is 0 Å². The molecule has 0 rings (SSSR count). The largest absolute Gasteiger partial charge is 0.462 e. The van der Waals surface area contributed by atoms with E-state index in [4.69, 9.17) is 14.2 Å². The normalized spacial score (nSPS) is 11.4. The monoisotopic (exact) mass is 268 g/mol. The lowest BCUT2D eigenvalue weighted by atomic mass is 10.3. The Morgan fingerprint density at radius 3 is 1.93 bits per heavy atom. The highest BCUT2D eigenvalue weighted by Gasteiger charge is 2.41. The summed E-state index contributed by atoms with van der Waals surface area (Å²) in [5.74, 6) is -1.78. The van der Waals surface area contributed by atoms with Crippen molar-refractivity contribution in [3.63, 3.8) is 0 Å². The molecular formula is C9H17BrO4. The van der Waals surface area contributed by atoms with Gasteiger partial charge in [0.2, 0.25) is 0 Å². The van der Waals surface area contributed by atoms with Gasteiger partial charge >= 0.3 is 5.97 Å². The predicted molar refractivity (Wildman–Crippen MR) is 56.4 cm³/mol. The molecule has 0 aliphatic carbocycles. The number of carbonyl (C=O) groups excluding carboxylic acids is 1. The molecule has 0 saturated carbocycles. The number of rotatable bonds is 7. The first-order valence-electron chi connectivity index (χ1n) is 4.67. The number of esters is 1. The molecule has 0 atom stereocenters. The van der Waals surface area contributed by atoms with Gasteiger partial charge in [0, 0.05) is 13.2 Å². The maximum absolute atomic E-state index is 11.6. The number of halogens is 1. The summed E-state index contributed by atoms with van der Waals surface area (Å²) in [6.45, 7) is 6.45. The van der Waals surface area contributed by atoms with Gasteiger partial charge < -0.3 is 14.2 Å². The third-order valence-electron chi connectivity index (χ3n) is 1.52. The van der Waals surface area contributed by atoms with Gasteiger partial charge in [0.15, 0.2) is 0 Å². The fourth-order valence-corrected chi connectivity index (χ4v) is 1.55. The first kappa shape index (κ1) is 13.9. The van der Waals surface area contributed by atoms with Crippen molar-refractivity contribution >= 4 is 21.9 Å². The summed E-state index contributed by atoms with van der Waals surface area (Å²) in [6, 6.07) is 0. The molecule has 0 fully saturated rings. The lowest BCUT2D eigenvalue weighted by Crippen LogP contribution is -2.47. The molecule has 0 aromatic heterocycles. The topological polar surface area (TPSA) is 44.8 Å². The number of hydrogen-bond donors (Lipinski definition) is 0. The zero-order chi connectivity index (χ0) is 11.0. The zero-order valence-electron chi connectivity index (χ0n) is 8.84. The van der Waals surface area contributed by atoms with Crippen LogP contribution in [0.1, 0.15) is 20.8 Å². The third-order valence-corrected chi connectivity index (χ3v) is 2.26. The van der Waals surface area contributed by atoms with Crippen LogP contribution in [0.15, 0.2) is 0 Å². The van der Waals surface area contributed by atoms with Crippen LogP contribution >= 0.6 is 15.9 Å². The maximum Gasteiger partial charge on any atom is 0.367 e. The second kappa shape index (κ2) is 7.20. The molecule has 0 unspecified atom stereocenters. The fourth-order valence-electron chi connectivity index (χ4n) is 0.999. The molecule has 0 heterocycles. The van der Waals surface area contributed by atoms with Gasteiger partial charge in [-0.1, -0.05) is 15.9 Å². The molecule has 0 spiro atoms. The molecule has 0 radical (unpaired) electrons. The van der Waals surface area contributed by atoms with E-state index in [1.165, 1.54) is 0 Å². The molecule has 4 nitrogen and oxygen atoms in total. The molecule has 5 heteroatoms. The van der Waals surface area contributed by atoms with Crippen molar-refractivity contribution < 1.29 is 19.0 Å². The summed E-state index contributed by atoms with van der Waals surface area (Å²) in [6.07, 6.45) is 0. The van der Waals surface area contributed by atoms with Gasteiger partial charge in [-0.15, -0.1) is 0 Å². The van der Waals surface area contributed by atoms with Crippen LogP contribution in [0.5, 0.6) is 0 Å². The first-order chi connectivity index (χ1) is 6.66. The van der Waals surface area contributed by atoms with Crippen molar-refractivity contribution in [1.29, 1.82) is 0 Å². The number of hydrogen-bond acceptors (Lipinski definition) is 4. The Morgan fingerprint density at radius 2 is 1.64 bits per heavy atom. The number of alkyl halides is 1. The minimum Gasteiger partial charge on any atom is -0.462 e. The molecule has 0 aliphatic heterocycles. The van der Waals surface area contributed by atoms with Crippen molar-refractivity contribution in [2.45, 2.75) is 26.6 Å². The summed E-state index contributed by atoms with van der Waals surface area (Å²) < 4.78 is 15.5. The van der Waals surface area contributed by atoms with Crippen molar-refractivity contribution in [3.8, 4) is 0 Å². The molecule has 0 aromatic carbocycles. The van der Waals surface area contributed by atoms with E-state index in [9.17, 15) is 4.79 Å². The van der Waals surface area contributed by atoms with Crippen molar-refractivity contribution in [2.75, 3.05) is 25.2 Å². The summed E-state index contributed by atoms with van der Waals surface area (Å²) >= 11 is 3.19. The minimum atomic E-state index is -1.29. The van der Waals surface area contributed by atoms with Gasteiger partial charge in [-0.25, -0.2) is 4.79 Å². The van der Waals surface area contributed by atoms with Crippen molar-refractivity contribution in [2.24, 2.45) is 0 Å². The Hall–Kier alpha value is -0.130. The van der Waals surface area contributed by atoms with Crippen LogP contribution in [0.25, 0.3) is 0 Å². The zero-order valence-corrected chi connectivity index (χ0v) is 10.4. The Labute approximate surface area is 93.0 Å². The average molecular weight is 269 g/mol. The van der Waals surface area contributed by atoms with Crippen LogP contribution in [0.2, 0.25) is 0 Å². The Bertz CT molecular complexity index is 166. The summed E-state index contributed by atoms with van der Waals surface area (Å²) in [5.41, 5.74) is 0. The first-order valence-corrected chi connectivity index (χ1v) is 5.80. The molecular weight excluding hydrogens is 252 g/mol. The lowest BCUT2D eigenvalue weighted by Gasteiger charge is -2.28. The molecule has 0 aromatic rings. The van der Waals surface area contributed by atoms with E-state index < -0.39 is 11.8 Å². The maximum atomic E-state index is 11.6. The van der Waals surface area contributed by atoms with Crippen LogP contribution in [0, 0.1) is 0 Å². The highest BCUT2D eigenvalue weighted by Crippen LogP contribution is 2.18. The van der Waals surface area contributed by atoms with Crippen LogP contribution in [-0.4, -0.2) is 36.9 Å². The van der Waals surface area contributed by atoms with Crippen molar-refractivity contribution in [1.82, 2.24) is 0 Å². The fraction of sp³-hybridized carbons (Fsp3) is 0.889. The van der Waals surface area contributed by atoms with E-state index in [-0.39, 0.29) is 5.33 Å². The van der Waals surface area contributed by atoms with Crippen LogP contribution in [0.4, 0.5) is 0 Å². The molecule has 0 saturated heterocycles. The predicted octanol–water partition coefficient (Wildman–Crippen LogP) is 1.71. The molecule has 14 heavy (non-hydrogen) atoms. The Kier molecular flexibility index (Phi) is 7.13. The van der Waals surface area contributed by atoms with Gasteiger partial charge in [0.25, 0.3) is 5.79 Å². The highest BCUT2D eigenvalue weighted by molar-refractivity contribution is 9.09. The summed E-state index contributed by atoms with van der Waals surface area (Å²) in [4.78, 5) is 11.6. The molecule has 0 bridgehead atoms. The Balaban J connectivity index is 4.54. The quantitative estimate of drug-likeness (QED) is 0.401. The second-order valence-corrected chi connectivity index (χ2v) is 3.03. The lowest BCUT2D eigenvalue weighted by molar-refractivity contribution is -0.234. The second-order valence-electron chi connectivity index (χ2n) is 2.47. The van der Waals surface area contributed by atoms with Gasteiger partial charge in [0.05, 0.1) is 11.9 Å². The number of carbonyl (C=O) groups is 1. The van der Waals surface area contributed by atoms with Gasteiger partial charge in [-0.05, 0) is 20.8 Å². The molecule has 0 aliphatic rings. The van der Waals surface area contributed by atoms with Gasteiger partial charge in [0.1, 0.15) is 0 Å². The molecule has 0 amide bonds. The van der Waals surface area contributed by atoms with E-state index in [0.717, 1.165) is 0 Å². The molecule has 0 N–H and O–H groups in total. The average Bonchev–Trinajstić information content (AvgIpc) is 2.17.